The fourth-order valence-corrected chi connectivity index (χ4v) is 7.62. The summed E-state index contributed by atoms with van der Waals surface area (Å²) in [5.74, 6) is 0. The number of hydrogen-bond acceptors (Lipinski definition) is 3. The predicted molar refractivity (Wildman–Crippen MR) is 82.4 cm³/mol. The van der Waals surface area contributed by atoms with Crippen LogP contribution in [0.2, 0.25) is 26.2 Å². The van der Waals surface area contributed by atoms with Gasteiger partial charge in [0.1, 0.15) is 0 Å². The zero-order chi connectivity index (χ0) is 14.8. The molecule has 0 aromatic rings. The molecule has 1 unspecified atom stereocenters. The van der Waals surface area contributed by atoms with E-state index in [1.807, 2.05) is 13.1 Å². The molecule has 3 nitrogen and oxygen atoms in total. The Bertz CT molecular complexity index is 272. The van der Waals surface area contributed by atoms with E-state index in [4.69, 9.17) is 8.85 Å². The second kappa shape index (κ2) is 5.75. The molecule has 0 heterocycles. The smallest absolute Gasteiger partial charge is 0.329 e. The molecule has 0 aromatic heterocycles. The molecule has 0 bridgehead atoms. The van der Waals surface area contributed by atoms with Crippen molar-refractivity contribution in [2.75, 3.05) is 0 Å². The average molecular weight is 293 g/mol. The van der Waals surface area contributed by atoms with Crippen LogP contribution >= 0.6 is 0 Å². The molecule has 0 radical (unpaired) electrons. The molecule has 18 heavy (non-hydrogen) atoms. The molecule has 0 aliphatic heterocycles. The minimum absolute atomic E-state index is 0.128. The highest BCUT2D eigenvalue weighted by molar-refractivity contribution is 6.75. The van der Waals surface area contributed by atoms with E-state index in [1.54, 1.807) is 0 Å². The third-order valence-electron chi connectivity index (χ3n) is 3.81. The molecule has 0 fully saturated rings. The lowest BCUT2D eigenvalue weighted by Gasteiger charge is -2.47. The third-order valence-corrected chi connectivity index (χ3v) is 9.03. The molecule has 0 aromatic carbocycles. The molecule has 0 aliphatic carbocycles. The fraction of sp³-hybridized carbons (Fsp3) is 1.00. The molecule has 0 aliphatic rings. The van der Waals surface area contributed by atoms with Crippen LogP contribution in [0.25, 0.3) is 0 Å². The van der Waals surface area contributed by atoms with Crippen LogP contribution in [0.15, 0.2) is 0 Å². The van der Waals surface area contributed by atoms with Gasteiger partial charge in [-0.3, -0.25) is 0 Å². The van der Waals surface area contributed by atoms with Crippen LogP contribution in [0.4, 0.5) is 0 Å². The van der Waals surface area contributed by atoms with E-state index in [1.165, 1.54) is 0 Å². The van der Waals surface area contributed by atoms with Gasteiger partial charge in [0.2, 0.25) is 8.32 Å². The Hall–Kier alpha value is 0.314. The molecule has 0 rings (SSSR count). The molecular weight excluding hydrogens is 260 g/mol. The summed E-state index contributed by atoms with van der Waals surface area (Å²) in [5, 5.41) is -0.343. The Morgan fingerprint density at radius 3 is 1.61 bits per heavy atom. The number of rotatable bonds is 7. The maximum absolute atomic E-state index is 10.1. The van der Waals surface area contributed by atoms with Crippen molar-refractivity contribution in [3.8, 4) is 0 Å². The van der Waals surface area contributed by atoms with Crippen molar-refractivity contribution in [1.29, 1.82) is 0 Å². The highest BCUT2D eigenvalue weighted by Gasteiger charge is 2.49. The average Bonchev–Trinajstić information content (AvgIpc) is 2.13. The Labute approximate surface area is 115 Å². The molecule has 0 spiro atoms. The van der Waals surface area contributed by atoms with E-state index in [-0.39, 0.29) is 10.8 Å². The number of hydrogen-bond donors (Lipinski definition) is 1. The van der Waals surface area contributed by atoms with Gasteiger partial charge in [-0.1, -0.05) is 13.8 Å². The van der Waals surface area contributed by atoms with Gasteiger partial charge in [-0.15, -0.1) is 0 Å². The van der Waals surface area contributed by atoms with Crippen molar-refractivity contribution in [2.24, 2.45) is 0 Å². The van der Waals surface area contributed by atoms with Crippen LogP contribution < -0.4 is 0 Å². The second-order valence-corrected chi connectivity index (χ2v) is 14.2. The maximum atomic E-state index is 10.1. The minimum atomic E-state index is -2.55. The summed E-state index contributed by atoms with van der Waals surface area (Å²) in [7, 11) is -4.62. The first-order chi connectivity index (χ1) is 7.79. The zero-order valence-electron chi connectivity index (χ0n) is 13.7. The van der Waals surface area contributed by atoms with Crippen LogP contribution in [-0.4, -0.2) is 32.5 Å². The molecule has 0 amide bonds. The first-order valence-corrected chi connectivity index (χ1v) is 12.7. The van der Waals surface area contributed by atoms with Crippen molar-refractivity contribution >= 4 is 16.9 Å². The van der Waals surface area contributed by atoms with Crippen molar-refractivity contribution in [3.05, 3.63) is 0 Å². The lowest BCUT2D eigenvalue weighted by Crippen LogP contribution is -2.62. The lowest BCUT2D eigenvalue weighted by atomic mass is 10.1. The van der Waals surface area contributed by atoms with E-state index in [0.29, 0.717) is 0 Å². The standard InChI is InChI=1S/C13H32O3Si2/c1-10-12(3,4)15-17(6,7)13(5,11-2)16-18(8,9)14/h14H,10-11H2,1-9H3. The monoisotopic (exact) mass is 292 g/mol. The van der Waals surface area contributed by atoms with Gasteiger partial charge >= 0.3 is 8.56 Å². The lowest BCUT2D eigenvalue weighted by molar-refractivity contribution is 0.0386. The molecular formula is C13H32O3Si2. The molecule has 1 atom stereocenters. The van der Waals surface area contributed by atoms with Gasteiger partial charge < -0.3 is 13.6 Å². The third kappa shape index (κ3) is 5.13. The van der Waals surface area contributed by atoms with E-state index in [0.717, 1.165) is 12.8 Å². The highest BCUT2D eigenvalue weighted by Crippen LogP contribution is 2.35. The van der Waals surface area contributed by atoms with Crippen LogP contribution in [0.1, 0.15) is 47.5 Å². The van der Waals surface area contributed by atoms with Gasteiger partial charge in [0.25, 0.3) is 0 Å². The first kappa shape index (κ1) is 18.3. The quantitative estimate of drug-likeness (QED) is 0.725. The summed E-state index contributed by atoms with van der Waals surface area (Å²) in [4.78, 5) is 10.1. The van der Waals surface area contributed by atoms with Crippen molar-refractivity contribution in [3.63, 3.8) is 0 Å². The van der Waals surface area contributed by atoms with Crippen LogP contribution in [-0.2, 0) is 8.85 Å². The van der Waals surface area contributed by atoms with E-state index >= 15 is 0 Å². The van der Waals surface area contributed by atoms with Gasteiger partial charge in [-0.2, -0.15) is 0 Å². The zero-order valence-corrected chi connectivity index (χ0v) is 15.7. The summed E-state index contributed by atoms with van der Waals surface area (Å²) in [5.41, 5.74) is -0.128. The highest BCUT2D eigenvalue weighted by atomic mass is 28.4. The summed E-state index contributed by atoms with van der Waals surface area (Å²) >= 11 is 0. The van der Waals surface area contributed by atoms with Gasteiger partial charge in [0, 0.05) is 0 Å². The van der Waals surface area contributed by atoms with Gasteiger partial charge in [-0.25, -0.2) is 0 Å². The fourth-order valence-electron chi connectivity index (χ4n) is 2.04. The van der Waals surface area contributed by atoms with Crippen molar-refractivity contribution < 1.29 is 13.6 Å². The second-order valence-electron chi connectivity index (χ2n) is 6.86. The summed E-state index contributed by atoms with van der Waals surface area (Å²) in [6.45, 7) is 18.6. The summed E-state index contributed by atoms with van der Waals surface area (Å²) in [6.07, 6.45) is 1.84. The van der Waals surface area contributed by atoms with Crippen molar-refractivity contribution in [2.45, 2.75) is 84.5 Å². The molecule has 5 heteroatoms. The Morgan fingerprint density at radius 1 is 0.889 bits per heavy atom. The predicted octanol–water partition coefficient (Wildman–Crippen LogP) is 3.82. The first-order valence-electron chi connectivity index (χ1n) is 6.91. The Morgan fingerprint density at radius 2 is 1.33 bits per heavy atom. The molecule has 110 valence electrons. The van der Waals surface area contributed by atoms with Gasteiger partial charge in [0.05, 0.1) is 10.8 Å². The molecule has 0 saturated carbocycles. The normalized spacial score (nSPS) is 17.7. The molecule has 0 saturated heterocycles. The van der Waals surface area contributed by atoms with Crippen molar-refractivity contribution in [1.82, 2.24) is 0 Å². The Balaban J connectivity index is 5.13. The summed E-state index contributed by atoms with van der Waals surface area (Å²) < 4.78 is 12.5. The van der Waals surface area contributed by atoms with E-state index < -0.39 is 16.9 Å². The Kier molecular flexibility index (Phi) is 5.85. The van der Waals surface area contributed by atoms with Crippen LogP contribution in [0.5, 0.6) is 0 Å². The maximum Gasteiger partial charge on any atom is 0.329 e. The van der Waals surface area contributed by atoms with E-state index in [9.17, 15) is 4.80 Å². The minimum Gasteiger partial charge on any atom is -0.411 e. The van der Waals surface area contributed by atoms with Crippen LogP contribution in [0, 0.1) is 0 Å². The summed E-state index contributed by atoms with van der Waals surface area (Å²) in [6, 6.07) is 0. The van der Waals surface area contributed by atoms with Gasteiger partial charge in [-0.05, 0) is 59.8 Å². The molecule has 1 N–H and O–H groups in total. The van der Waals surface area contributed by atoms with Crippen LogP contribution in [0.3, 0.4) is 0 Å². The van der Waals surface area contributed by atoms with E-state index in [2.05, 4.69) is 47.7 Å². The topological polar surface area (TPSA) is 38.7 Å². The largest absolute Gasteiger partial charge is 0.411 e. The van der Waals surface area contributed by atoms with Gasteiger partial charge in [0.15, 0.2) is 0 Å². The SMILES string of the molecule is CCC(C)(C)O[Si](C)(C)C(C)(CC)O[Si](C)(C)O.